The van der Waals surface area contributed by atoms with Gasteiger partial charge in [0.2, 0.25) is 0 Å². The third-order valence-corrected chi connectivity index (χ3v) is 2.16. The first-order valence-corrected chi connectivity index (χ1v) is 4.74. The monoisotopic (exact) mass is 200 g/mol. The molecule has 1 aromatic carbocycles. The highest BCUT2D eigenvalue weighted by Gasteiger charge is 2.05. The Labute approximate surface area is 88.8 Å². The molecule has 15 heavy (non-hydrogen) atoms. The molecule has 3 nitrogen and oxygen atoms in total. The summed E-state index contributed by atoms with van der Waals surface area (Å²) in [5.74, 6) is 1.59. The van der Waals surface area contributed by atoms with Crippen molar-refractivity contribution in [3.05, 3.63) is 42.4 Å². The highest BCUT2D eigenvalue weighted by atomic mass is 16.5. The molecular weight excluding hydrogens is 188 g/mol. The van der Waals surface area contributed by atoms with Crippen LogP contribution >= 0.6 is 0 Å². The standard InChI is InChI=1S/C12H12N2O/c1-9-13-8-7-11(14-9)10-5-3-4-6-12(10)15-2/h3-8H,1-2H3. The smallest absolute Gasteiger partial charge is 0.128 e. The number of hydrogen-bond donors (Lipinski definition) is 0. The van der Waals surface area contributed by atoms with Crippen LogP contribution in [0.2, 0.25) is 0 Å². The Bertz CT molecular complexity index is 469. The summed E-state index contributed by atoms with van der Waals surface area (Å²) >= 11 is 0. The Hall–Kier alpha value is -1.90. The molecule has 0 aliphatic heterocycles. The average Bonchev–Trinajstić information content (AvgIpc) is 2.29. The second-order valence-electron chi connectivity index (χ2n) is 3.19. The molecule has 0 radical (unpaired) electrons. The minimum Gasteiger partial charge on any atom is -0.496 e. The summed E-state index contributed by atoms with van der Waals surface area (Å²) in [6.45, 7) is 1.87. The third kappa shape index (κ3) is 1.96. The van der Waals surface area contributed by atoms with Crippen molar-refractivity contribution < 1.29 is 4.74 Å². The quantitative estimate of drug-likeness (QED) is 0.747. The van der Waals surface area contributed by atoms with Crippen molar-refractivity contribution in [2.24, 2.45) is 0 Å². The Balaban J connectivity index is 2.53. The SMILES string of the molecule is COc1ccccc1-c1ccnc(C)n1. The molecule has 0 unspecified atom stereocenters. The fourth-order valence-corrected chi connectivity index (χ4v) is 1.46. The number of para-hydroxylation sites is 1. The molecule has 2 aromatic rings. The van der Waals surface area contributed by atoms with Crippen molar-refractivity contribution in [2.45, 2.75) is 6.92 Å². The molecule has 0 spiro atoms. The summed E-state index contributed by atoms with van der Waals surface area (Å²) in [4.78, 5) is 8.43. The van der Waals surface area contributed by atoms with Crippen LogP contribution in [0.15, 0.2) is 36.5 Å². The average molecular weight is 200 g/mol. The lowest BCUT2D eigenvalue weighted by molar-refractivity contribution is 0.416. The van der Waals surface area contributed by atoms with Gasteiger partial charge in [0.05, 0.1) is 12.8 Å². The van der Waals surface area contributed by atoms with Crippen LogP contribution in [0.4, 0.5) is 0 Å². The molecule has 2 rings (SSSR count). The zero-order valence-corrected chi connectivity index (χ0v) is 8.77. The number of aromatic nitrogens is 2. The van der Waals surface area contributed by atoms with Crippen LogP contribution in [0.25, 0.3) is 11.3 Å². The van der Waals surface area contributed by atoms with E-state index in [1.54, 1.807) is 13.3 Å². The van der Waals surface area contributed by atoms with Gasteiger partial charge in [-0.3, -0.25) is 0 Å². The van der Waals surface area contributed by atoms with Gasteiger partial charge in [-0.2, -0.15) is 0 Å². The molecule has 0 atom stereocenters. The van der Waals surface area contributed by atoms with Crippen LogP contribution in [-0.2, 0) is 0 Å². The van der Waals surface area contributed by atoms with Gasteiger partial charge in [0.25, 0.3) is 0 Å². The number of aryl methyl sites for hydroxylation is 1. The molecule has 0 aliphatic carbocycles. The second kappa shape index (κ2) is 4.09. The van der Waals surface area contributed by atoms with Gasteiger partial charge >= 0.3 is 0 Å². The van der Waals surface area contributed by atoms with E-state index in [0.717, 1.165) is 22.8 Å². The minimum atomic E-state index is 0.762. The van der Waals surface area contributed by atoms with Gasteiger partial charge in [0.1, 0.15) is 11.6 Å². The van der Waals surface area contributed by atoms with Crippen molar-refractivity contribution in [2.75, 3.05) is 7.11 Å². The van der Waals surface area contributed by atoms with Crippen molar-refractivity contribution in [1.82, 2.24) is 9.97 Å². The summed E-state index contributed by atoms with van der Waals surface area (Å²) < 4.78 is 5.28. The van der Waals surface area contributed by atoms with Crippen molar-refractivity contribution in [3.63, 3.8) is 0 Å². The van der Waals surface area contributed by atoms with E-state index in [2.05, 4.69) is 9.97 Å². The fraction of sp³-hybridized carbons (Fsp3) is 0.167. The second-order valence-corrected chi connectivity index (χ2v) is 3.19. The first kappa shape index (κ1) is 9.65. The van der Waals surface area contributed by atoms with Gasteiger partial charge in [-0.25, -0.2) is 9.97 Å². The minimum absolute atomic E-state index is 0.762. The highest BCUT2D eigenvalue weighted by Crippen LogP contribution is 2.27. The molecule has 1 aromatic heterocycles. The number of ether oxygens (including phenoxy) is 1. The number of benzene rings is 1. The maximum absolute atomic E-state index is 5.28. The van der Waals surface area contributed by atoms with E-state index in [4.69, 9.17) is 4.74 Å². The summed E-state index contributed by atoms with van der Waals surface area (Å²) in [7, 11) is 1.66. The van der Waals surface area contributed by atoms with Crippen LogP contribution in [0.3, 0.4) is 0 Å². The summed E-state index contributed by atoms with van der Waals surface area (Å²) in [6.07, 6.45) is 1.75. The molecule has 0 amide bonds. The van der Waals surface area contributed by atoms with Crippen LogP contribution < -0.4 is 4.74 Å². The number of rotatable bonds is 2. The Morgan fingerprint density at radius 2 is 1.93 bits per heavy atom. The zero-order valence-electron chi connectivity index (χ0n) is 8.77. The van der Waals surface area contributed by atoms with Crippen LogP contribution in [0, 0.1) is 6.92 Å². The van der Waals surface area contributed by atoms with Crippen molar-refractivity contribution in [3.8, 4) is 17.0 Å². The molecule has 0 N–H and O–H groups in total. The number of nitrogens with zero attached hydrogens (tertiary/aromatic N) is 2. The van der Waals surface area contributed by atoms with E-state index in [9.17, 15) is 0 Å². The third-order valence-electron chi connectivity index (χ3n) is 2.16. The molecule has 76 valence electrons. The summed E-state index contributed by atoms with van der Waals surface area (Å²) in [6, 6.07) is 9.70. The first-order valence-electron chi connectivity index (χ1n) is 4.74. The lowest BCUT2D eigenvalue weighted by atomic mass is 10.1. The van der Waals surface area contributed by atoms with Crippen LogP contribution in [-0.4, -0.2) is 17.1 Å². The summed E-state index contributed by atoms with van der Waals surface area (Å²) in [5, 5.41) is 0. The molecule has 0 saturated heterocycles. The van der Waals surface area contributed by atoms with Gasteiger partial charge in [-0.15, -0.1) is 0 Å². The first-order chi connectivity index (χ1) is 7.31. The van der Waals surface area contributed by atoms with Crippen LogP contribution in [0.1, 0.15) is 5.82 Å². The molecule has 1 heterocycles. The molecule has 0 saturated carbocycles. The molecular formula is C12H12N2O. The van der Waals surface area contributed by atoms with Gasteiger partial charge in [-0.05, 0) is 25.1 Å². The van der Waals surface area contributed by atoms with E-state index in [0.29, 0.717) is 0 Å². The van der Waals surface area contributed by atoms with Gasteiger partial charge in [0.15, 0.2) is 0 Å². The maximum atomic E-state index is 5.28. The zero-order chi connectivity index (χ0) is 10.7. The molecule has 0 bridgehead atoms. The topological polar surface area (TPSA) is 35.0 Å². The molecule has 0 fully saturated rings. The number of hydrogen-bond acceptors (Lipinski definition) is 3. The van der Waals surface area contributed by atoms with Gasteiger partial charge in [0, 0.05) is 11.8 Å². The van der Waals surface area contributed by atoms with E-state index < -0.39 is 0 Å². The largest absolute Gasteiger partial charge is 0.496 e. The summed E-state index contributed by atoms with van der Waals surface area (Å²) in [5.41, 5.74) is 1.88. The lowest BCUT2D eigenvalue weighted by Crippen LogP contribution is -1.92. The fourth-order valence-electron chi connectivity index (χ4n) is 1.46. The van der Waals surface area contributed by atoms with Crippen molar-refractivity contribution in [1.29, 1.82) is 0 Å². The van der Waals surface area contributed by atoms with E-state index in [-0.39, 0.29) is 0 Å². The van der Waals surface area contributed by atoms with E-state index in [1.807, 2.05) is 37.3 Å². The maximum Gasteiger partial charge on any atom is 0.128 e. The Morgan fingerprint density at radius 1 is 1.13 bits per heavy atom. The predicted octanol–water partition coefficient (Wildman–Crippen LogP) is 2.46. The van der Waals surface area contributed by atoms with E-state index in [1.165, 1.54) is 0 Å². The van der Waals surface area contributed by atoms with E-state index >= 15 is 0 Å². The molecule has 0 aliphatic rings. The normalized spacial score (nSPS) is 10.0. The molecule has 3 heteroatoms. The van der Waals surface area contributed by atoms with Crippen molar-refractivity contribution >= 4 is 0 Å². The highest BCUT2D eigenvalue weighted by molar-refractivity contribution is 5.66. The Morgan fingerprint density at radius 3 is 2.67 bits per heavy atom. The van der Waals surface area contributed by atoms with Gasteiger partial charge < -0.3 is 4.74 Å². The van der Waals surface area contributed by atoms with Gasteiger partial charge in [-0.1, -0.05) is 12.1 Å². The lowest BCUT2D eigenvalue weighted by Gasteiger charge is -2.07. The predicted molar refractivity (Wildman–Crippen MR) is 58.8 cm³/mol. The Kier molecular flexibility index (Phi) is 2.63. The van der Waals surface area contributed by atoms with Crippen LogP contribution in [0.5, 0.6) is 5.75 Å². The number of methoxy groups -OCH3 is 1.